The van der Waals surface area contributed by atoms with Crippen LogP contribution in [0, 0.1) is 23.2 Å². The van der Waals surface area contributed by atoms with Crippen molar-refractivity contribution in [2.24, 2.45) is 23.2 Å². The molecule has 2 bridgehead atoms. The fourth-order valence-electron chi connectivity index (χ4n) is 10.3. The highest BCUT2D eigenvalue weighted by Crippen LogP contribution is 2.70. The molecule has 9 rings (SSSR count). The minimum Gasteiger partial charge on any atom is -0.479 e. The number of pyridine rings is 1. The molecule has 5 atom stereocenters. The highest BCUT2D eigenvalue weighted by molar-refractivity contribution is 5.99. The number of ether oxygens (including phenoxy) is 2. The number of anilines is 3. The number of halogens is 3. The molecule has 3 saturated carbocycles. The lowest BCUT2D eigenvalue weighted by Gasteiger charge is -2.55. The quantitative estimate of drug-likeness (QED) is 0.338. The number of carboxylic acids is 1. The van der Waals surface area contributed by atoms with Gasteiger partial charge in [-0.25, -0.2) is 29.7 Å². The lowest BCUT2D eigenvalue weighted by molar-refractivity contribution is -0.152. The third-order valence-corrected chi connectivity index (χ3v) is 13.3. The molecule has 2 saturated heterocycles. The number of piperidine rings is 1. The van der Waals surface area contributed by atoms with Crippen molar-refractivity contribution >= 4 is 29.5 Å². The molecule has 16 heteroatoms. The number of rotatable bonds is 7. The Bertz CT molecular complexity index is 1940. The van der Waals surface area contributed by atoms with Crippen molar-refractivity contribution in [2.45, 2.75) is 81.5 Å². The minimum atomic E-state index is -5.02. The van der Waals surface area contributed by atoms with Gasteiger partial charge in [0.15, 0.2) is 5.69 Å². The fourth-order valence-corrected chi connectivity index (χ4v) is 10.3. The number of fused-ring (bicyclic) bond motifs is 3. The monoisotopic (exact) mass is 734 g/mol. The molecule has 13 nitrogen and oxygen atoms in total. The molecule has 5 fully saturated rings. The molecule has 0 aromatic carbocycles. The third kappa shape index (κ3) is 5.49. The number of hydrogen-bond acceptors (Lipinski definition) is 11. The van der Waals surface area contributed by atoms with Gasteiger partial charge in [0, 0.05) is 75.8 Å². The van der Waals surface area contributed by atoms with E-state index in [1.807, 2.05) is 0 Å². The Labute approximate surface area is 303 Å². The van der Waals surface area contributed by atoms with Crippen LogP contribution in [0.1, 0.15) is 80.0 Å². The molecule has 6 heterocycles. The summed E-state index contributed by atoms with van der Waals surface area (Å²) in [7, 11) is 0. The molecule has 3 aliphatic heterocycles. The lowest BCUT2D eigenvalue weighted by atomic mass is 9.50. The number of carbonyl (C=O) groups is 2. The number of aliphatic carboxylic acids is 1. The number of nitrogens with zero attached hydrogens (tertiary/aromatic N) is 7. The number of nitrogens with one attached hydrogen (secondary N) is 1. The second-order valence-corrected chi connectivity index (χ2v) is 16.0. The zero-order valence-electron chi connectivity index (χ0n) is 29.3. The average Bonchev–Trinajstić information content (AvgIpc) is 3.48. The number of hydrogen-bond donors (Lipinski definition) is 2. The van der Waals surface area contributed by atoms with Crippen LogP contribution >= 0.6 is 0 Å². The lowest BCUT2D eigenvalue weighted by Crippen LogP contribution is -2.63. The van der Waals surface area contributed by atoms with Gasteiger partial charge in [-0.3, -0.25) is 4.79 Å². The van der Waals surface area contributed by atoms with Crippen LogP contribution in [0.25, 0.3) is 0 Å². The summed E-state index contributed by atoms with van der Waals surface area (Å²) in [6.07, 6.45) is 4.21. The van der Waals surface area contributed by atoms with Crippen LogP contribution in [-0.2, 0) is 21.1 Å². The summed E-state index contributed by atoms with van der Waals surface area (Å²) in [5, 5.41) is 13.0. The van der Waals surface area contributed by atoms with E-state index in [1.54, 1.807) is 35.5 Å². The van der Waals surface area contributed by atoms with Crippen LogP contribution < -0.4 is 19.9 Å². The van der Waals surface area contributed by atoms with Gasteiger partial charge in [0.2, 0.25) is 17.8 Å². The first-order chi connectivity index (χ1) is 25.4. The first-order valence-electron chi connectivity index (χ1n) is 18.4. The maximum absolute atomic E-state index is 14.8. The highest BCUT2D eigenvalue weighted by Gasteiger charge is 2.69. The molecular weight excluding hydrogens is 693 g/mol. The van der Waals surface area contributed by atoms with Gasteiger partial charge in [-0.15, -0.1) is 0 Å². The van der Waals surface area contributed by atoms with Crippen molar-refractivity contribution in [2.75, 3.05) is 42.6 Å². The Morgan fingerprint density at radius 1 is 0.981 bits per heavy atom. The van der Waals surface area contributed by atoms with Crippen molar-refractivity contribution < 1.29 is 37.3 Å². The molecule has 6 aliphatic rings. The predicted octanol–water partition coefficient (Wildman–Crippen LogP) is 4.94. The zero-order chi connectivity index (χ0) is 36.8. The van der Waals surface area contributed by atoms with Crippen LogP contribution in [0.2, 0.25) is 0 Å². The van der Waals surface area contributed by atoms with E-state index in [2.05, 4.69) is 37.1 Å². The van der Waals surface area contributed by atoms with E-state index in [1.165, 1.54) is 0 Å². The first kappa shape index (κ1) is 34.2. The molecule has 3 aliphatic carbocycles. The van der Waals surface area contributed by atoms with Crippen LogP contribution in [0.5, 0.6) is 5.88 Å². The van der Waals surface area contributed by atoms with Crippen molar-refractivity contribution in [1.29, 1.82) is 0 Å². The Kier molecular flexibility index (Phi) is 7.88. The van der Waals surface area contributed by atoms with Gasteiger partial charge in [0.1, 0.15) is 11.6 Å². The Morgan fingerprint density at radius 2 is 1.72 bits per heavy atom. The van der Waals surface area contributed by atoms with E-state index in [9.17, 15) is 27.9 Å². The van der Waals surface area contributed by atoms with E-state index in [4.69, 9.17) is 14.5 Å². The normalized spacial score (nSPS) is 30.2. The molecule has 1 spiro atoms. The summed E-state index contributed by atoms with van der Waals surface area (Å²) in [6.45, 7) is 4.79. The van der Waals surface area contributed by atoms with Crippen molar-refractivity contribution in [3.63, 3.8) is 0 Å². The Morgan fingerprint density at radius 3 is 2.43 bits per heavy atom. The summed E-state index contributed by atoms with van der Waals surface area (Å²) in [5.74, 6) is -1.34. The summed E-state index contributed by atoms with van der Waals surface area (Å²) >= 11 is 0. The predicted molar refractivity (Wildman–Crippen MR) is 183 cm³/mol. The van der Waals surface area contributed by atoms with Crippen molar-refractivity contribution in [1.82, 2.24) is 30.2 Å². The molecule has 3 aromatic heterocycles. The number of carboxylic acid groups (broad SMARTS) is 1. The van der Waals surface area contributed by atoms with E-state index in [0.717, 1.165) is 38.5 Å². The van der Waals surface area contributed by atoms with E-state index in [0.29, 0.717) is 68.0 Å². The van der Waals surface area contributed by atoms with E-state index >= 15 is 0 Å². The van der Waals surface area contributed by atoms with Crippen LogP contribution in [-0.4, -0.2) is 86.4 Å². The summed E-state index contributed by atoms with van der Waals surface area (Å²) in [4.78, 5) is 52.2. The maximum Gasteiger partial charge on any atom is 0.434 e. The molecule has 280 valence electrons. The number of alkyl halides is 3. The second kappa shape index (κ2) is 12.2. The second-order valence-electron chi connectivity index (χ2n) is 16.0. The van der Waals surface area contributed by atoms with Gasteiger partial charge in [0.25, 0.3) is 5.91 Å². The fraction of sp³-hybridized carbons (Fsp3) is 0.595. The zero-order valence-corrected chi connectivity index (χ0v) is 29.3. The Balaban J connectivity index is 0.985. The van der Waals surface area contributed by atoms with Gasteiger partial charge >= 0.3 is 12.1 Å². The summed E-state index contributed by atoms with van der Waals surface area (Å²) < 4.78 is 56.3. The van der Waals surface area contributed by atoms with E-state index in [-0.39, 0.29) is 42.3 Å². The minimum absolute atomic E-state index is 0.0298. The topological polar surface area (TPSA) is 156 Å². The maximum atomic E-state index is 14.8. The highest BCUT2D eigenvalue weighted by atomic mass is 19.4. The van der Waals surface area contributed by atoms with Gasteiger partial charge in [-0.1, -0.05) is 6.92 Å². The smallest absolute Gasteiger partial charge is 0.434 e. The third-order valence-electron chi connectivity index (χ3n) is 13.3. The number of amides is 1. The van der Waals surface area contributed by atoms with Gasteiger partial charge in [0.05, 0.1) is 16.9 Å². The molecular formula is C37H41F3N8O5. The standard InChI is InChI=1S/C37H41F3N8O5/c1-34-17-23-16-21(34)15-22(34)18-36(23,31(50)51)46-30(49)25-19-43-33(45-28(25)37(38,39)40)48-20-35(7-13-52-14-8-35)29-26(48)3-4-27(44-29)53-24-5-11-47(12-6-24)32-41-9-2-10-42-32/h2-4,9-10,19,21-24H,5-8,11-18,20H2,1H3,(H,46,49)(H,50,51). The largest absolute Gasteiger partial charge is 0.479 e. The van der Waals surface area contributed by atoms with Gasteiger partial charge < -0.3 is 29.7 Å². The van der Waals surface area contributed by atoms with Gasteiger partial charge in [-0.2, -0.15) is 13.2 Å². The molecule has 5 unspecified atom stereocenters. The summed E-state index contributed by atoms with van der Waals surface area (Å²) in [6, 6.07) is 5.28. The first-order valence-corrected chi connectivity index (χ1v) is 18.4. The molecule has 3 aromatic rings. The van der Waals surface area contributed by atoms with Crippen LogP contribution in [0.4, 0.5) is 30.8 Å². The molecule has 0 radical (unpaired) electrons. The molecule has 2 N–H and O–H groups in total. The molecule has 1 amide bonds. The number of aromatic nitrogens is 5. The Hall–Kier alpha value is -4.60. The molecule has 53 heavy (non-hydrogen) atoms. The number of carbonyl (C=O) groups excluding carboxylic acids is 1. The average molecular weight is 735 g/mol. The van der Waals surface area contributed by atoms with Crippen LogP contribution in [0.15, 0.2) is 36.8 Å². The SMILES string of the molecule is CC12CC3CC1CC2CC3(NC(=O)c1cnc(N2CC3(CCOCC3)c3nc(OC4CCN(c5ncccn5)CC4)ccc32)nc1C(F)(F)F)C(=O)O. The van der Waals surface area contributed by atoms with Crippen LogP contribution in [0.3, 0.4) is 0 Å². The summed E-state index contributed by atoms with van der Waals surface area (Å²) in [5.41, 5.74) is -3.10. The van der Waals surface area contributed by atoms with E-state index < -0.39 is 40.3 Å². The van der Waals surface area contributed by atoms with Gasteiger partial charge in [-0.05, 0) is 73.8 Å². The van der Waals surface area contributed by atoms with Crippen molar-refractivity contribution in [3.05, 3.63) is 53.7 Å². The van der Waals surface area contributed by atoms with Crippen molar-refractivity contribution in [3.8, 4) is 5.88 Å².